The number of hydrogen-bond acceptors (Lipinski definition) is 6. The van der Waals surface area contributed by atoms with Crippen LogP contribution in [0.25, 0.3) is 0 Å². The average molecular weight is 442 g/mol. The third-order valence-electron chi connectivity index (χ3n) is 5.01. The minimum atomic E-state index is -4.12. The fraction of sp³-hybridized carbons (Fsp3) is 0.273. The van der Waals surface area contributed by atoms with Gasteiger partial charge in [-0.3, -0.25) is 4.55 Å². The molecule has 0 bridgehead atoms. The molecular weight excluding hydrogens is 418 g/mol. The quantitative estimate of drug-likeness (QED) is 0.514. The summed E-state index contributed by atoms with van der Waals surface area (Å²) in [6.07, 6.45) is 5.48. The molecule has 3 aromatic rings. The molecule has 0 amide bonds. The molecule has 156 valence electrons. The van der Waals surface area contributed by atoms with Crippen molar-refractivity contribution in [2.45, 2.75) is 42.0 Å². The summed E-state index contributed by atoms with van der Waals surface area (Å²) in [5.41, 5.74) is 3.22. The second-order valence-electron chi connectivity index (χ2n) is 7.19. The van der Waals surface area contributed by atoms with Gasteiger partial charge in [0.25, 0.3) is 10.1 Å². The van der Waals surface area contributed by atoms with Crippen LogP contribution in [0.4, 0.5) is 11.4 Å². The van der Waals surface area contributed by atoms with Crippen LogP contribution >= 0.6 is 11.8 Å². The van der Waals surface area contributed by atoms with Crippen molar-refractivity contribution in [3.8, 4) is 0 Å². The molecule has 4 rings (SSSR count). The van der Waals surface area contributed by atoms with Crippen LogP contribution in [0.15, 0.2) is 70.7 Å². The number of fused-ring (bicyclic) bond motifs is 2. The zero-order valence-corrected chi connectivity index (χ0v) is 18.2. The van der Waals surface area contributed by atoms with Crippen molar-refractivity contribution in [1.29, 1.82) is 0 Å². The lowest BCUT2D eigenvalue weighted by molar-refractivity contribution is 0.476. The molecule has 1 N–H and O–H groups in total. The first kappa shape index (κ1) is 20.8. The summed E-state index contributed by atoms with van der Waals surface area (Å²) in [6, 6.07) is 15.8. The molecule has 30 heavy (non-hydrogen) atoms. The van der Waals surface area contributed by atoms with E-state index in [2.05, 4.69) is 46.1 Å². The smallest absolute Gasteiger partial charge is 0.264 e. The lowest BCUT2D eigenvalue weighted by Gasteiger charge is -2.38. The molecule has 1 aromatic heterocycles. The van der Waals surface area contributed by atoms with Gasteiger partial charge in [-0.1, -0.05) is 43.3 Å². The predicted molar refractivity (Wildman–Crippen MR) is 119 cm³/mol. The zero-order valence-electron chi connectivity index (χ0n) is 16.6. The predicted octanol–water partition coefficient (Wildman–Crippen LogP) is 5.05. The Morgan fingerprint density at radius 1 is 1.03 bits per heavy atom. The van der Waals surface area contributed by atoms with Crippen LogP contribution < -0.4 is 4.90 Å². The number of hydrogen-bond donors (Lipinski definition) is 1. The van der Waals surface area contributed by atoms with Gasteiger partial charge in [-0.05, 0) is 48.7 Å². The summed E-state index contributed by atoms with van der Waals surface area (Å²) in [5, 5.41) is 0. The van der Waals surface area contributed by atoms with Gasteiger partial charge in [-0.2, -0.15) is 8.42 Å². The second kappa shape index (κ2) is 8.75. The van der Waals surface area contributed by atoms with Crippen molar-refractivity contribution in [3.05, 3.63) is 72.3 Å². The van der Waals surface area contributed by atoms with Crippen molar-refractivity contribution in [2.75, 3.05) is 10.7 Å². The number of rotatable bonds is 7. The van der Waals surface area contributed by atoms with E-state index >= 15 is 0 Å². The van der Waals surface area contributed by atoms with Gasteiger partial charge in [0, 0.05) is 22.2 Å². The Morgan fingerprint density at radius 3 is 2.50 bits per heavy atom. The normalized spacial score (nSPS) is 14.1. The maximum absolute atomic E-state index is 11.6. The Morgan fingerprint density at radius 2 is 1.77 bits per heavy atom. The minimum absolute atomic E-state index is 0.166. The Balaban J connectivity index is 1.87. The molecule has 6 nitrogen and oxygen atoms in total. The Bertz CT molecular complexity index is 1140. The van der Waals surface area contributed by atoms with E-state index in [1.165, 1.54) is 5.56 Å². The monoisotopic (exact) mass is 441 g/mol. The maximum Gasteiger partial charge on any atom is 0.264 e. The number of nitrogens with zero attached hydrogens (tertiary/aromatic N) is 3. The van der Waals surface area contributed by atoms with Crippen molar-refractivity contribution in [2.24, 2.45) is 0 Å². The van der Waals surface area contributed by atoms with Gasteiger partial charge in [0.05, 0.1) is 23.2 Å². The topological polar surface area (TPSA) is 83.4 Å². The number of benzene rings is 2. The van der Waals surface area contributed by atoms with E-state index in [1.54, 1.807) is 30.2 Å². The largest absolute Gasteiger partial charge is 0.329 e. The minimum Gasteiger partial charge on any atom is -0.329 e. The Kier molecular flexibility index (Phi) is 6.08. The SMILES string of the molecule is CCCc1ccc2c(c1)N(C(CCS(=O)(=O)O)c1ncccn1)c1ccccc1S2. The standard InChI is InChI=1S/C22H23N3O3S2/c1-2-6-16-9-10-21-19(15-16)25(17-7-3-4-8-20(17)29-21)18(11-14-30(26,27)28)22-23-12-5-13-24-22/h3-5,7-10,12-13,15,18H,2,6,11,14H2,1H3,(H,26,27,28). The number of para-hydroxylation sites is 1. The fourth-order valence-corrected chi connectivity index (χ4v) is 5.30. The first-order valence-electron chi connectivity index (χ1n) is 9.87. The van der Waals surface area contributed by atoms with Crippen LogP contribution in [0.5, 0.6) is 0 Å². The molecular formula is C22H23N3O3S2. The molecule has 0 radical (unpaired) electrons. The molecule has 1 atom stereocenters. The molecule has 8 heteroatoms. The van der Waals surface area contributed by atoms with Crippen LogP contribution in [-0.2, 0) is 16.5 Å². The summed E-state index contributed by atoms with van der Waals surface area (Å²) in [7, 11) is -4.12. The van der Waals surface area contributed by atoms with Crippen molar-refractivity contribution >= 4 is 33.3 Å². The molecule has 0 saturated heterocycles. The molecule has 2 heterocycles. The van der Waals surface area contributed by atoms with E-state index < -0.39 is 16.2 Å². The molecule has 1 unspecified atom stereocenters. The van der Waals surface area contributed by atoms with Crippen LogP contribution in [0.2, 0.25) is 0 Å². The van der Waals surface area contributed by atoms with E-state index in [4.69, 9.17) is 0 Å². The summed E-state index contributed by atoms with van der Waals surface area (Å²) in [6.45, 7) is 2.15. The van der Waals surface area contributed by atoms with Crippen LogP contribution in [0, 0.1) is 0 Å². The van der Waals surface area contributed by atoms with Crippen LogP contribution in [-0.4, -0.2) is 28.7 Å². The van der Waals surface area contributed by atoms with Gasteiger partial charge in [0.2, 0.25) is 0 Å². The molecule has 2 aromatic carbocycles. The highest BCUT2D eigenvalue weighted by atomic mass is 32.2. The maximum atomic E-state index is 11.6. The Hall–Kier alpha value is -2.42. The van der Waals surface area contributed by atoms with Gasteiger partial charge < -0.3 is 4.90 Å². The van der Waals surface area contributed by atoms with Crippen molar-refractivity contribution in [1.82, 2.24) is 9.97 Å². The summed E-state index contributed by atoms with van der Waals surface area (Å²) in [4.78, 5) is 13.2. The average Bonchev–Trinajstić information content (AvgIpc) is 2.73. The van der Waals surface area contributed by atoms with E-state index in [-0.39, 0.29) is 12.2 Å². The lowest BCUT2D eigenvalue weighted by atomic mass is 10.0. The Labute approximate surface area is 181 Å². The lowest BCUT2D eigenvalue weighted by Crippen LogP contribution is -2.29. The summed E-state index contributed by atoms with van der Waals surface area (Å²) < 4.78 is 32.6. The van der Waals surface area contributed by atoms with Crippen LogP contribution in [0.1, 0.15) is 37.2 Å². The highest BCUT2D eigenvalue weighted by Crippen LogP contribution is 2.51. The highest BCUT2D eigenvalue weighted by molar-refractivity contribution is 7.99. The van der Waals surface area contributed by atoms with Gasteiger partial charge in [-0.25, -0.2) is 9.97 Å². The third kappa shape index (κ3) is 4.50. The number of aryl methyl sites for hydroxylation is 1. The third-order valence-corrected chi connectivity index (χ3v) is 6.89. The molecule has 0 fully saturated rings. The van der Waals surface area contributed by atoms with E-state index in [0.29, 0.717) is 5.82 Å². The summed E-state index contributed by atoms with van der Waals surface area (Å²) >= 11 is 1.70. The molecule has 1 aliphatic heterocycles. The molecule has 0 aliphatic carbocycles. The van der Waals surface area contributed by atoms with Gasteiger partial charge in [0.15, 0.2) is 5.82 Å². The van der Waals surface area contributed by atoms with E-state index in [0.717, 1.165) is 34.0 Å². The first-order chi connectivity index (χ1) is 14.5. The van der Waals surface area contributed by atoms with Gasteiger partial charge >= 0.3 is 0 Å². The fourth-order valence-electron chi connectivity index (χ4n) is 3.73. The van der Waals surface area contributed by atoms with Crippen molar-refractivity contribution < 1.29 is 13.0 Å². The molecule has 1 aliphatic rings. The molecule has 0 spiro atoms. The second-order valence-corrected chi connectivity index (χ2v) is 9.85. The van der Waals surface area contributed by atoms with Gasteiger partial charge in [-0.15, -0.1) is 0 Å². The van der Waals surface area contributed by atoms with Crippen molar-refractivity contribution in [3.63, 3.8) is 0 Å². The van der Waals surface area contributed by atoms with E-state index in [9.17, 15) is 13.0 Å². The van der Waals surface area contributed by atoms with Gasteiger partial charge in [0.1, 0.15) is 0 Å². The number of anilines is 2. The first-order valence-corrected chi connectivity index (χ1v) is 12.3. The van der Waals surface area contributed by atoms with E-state index in [1.807, 2.05) is 18.2 Å². The summed E-state index contributed by atoms with van der Waals surface area (Å²) in [5.74, 6) is 0.154. The zero-order chi connectivity index (χ0) is 21.1. The number of aromatic nitrogens is 2. The van der Waals surface area contributed by atoms with Crippen LogP contribution in [0.3, 0.4) is 0 Å². The highest BCUT2D eigenvalue weighted by Gasteiger charge is 2.32. The molecule has 0 saturated carbocycles.